The molecule has 0 spiro atoms. The summed E-state index contributed by atoms with van der Waals surface area (Å²) >= 11 is 4.55. The minimum Gasteiger partial charge on any atom is -0.497 e. The smallest absolute Gasteiger partial charge is 0.267 e. The number of thiophene rings is 1. The minimum absolute atomic E-state index is 0.102. The Morgan fingerprint density at radius 3 is 2.79 bits per heavy atom. The Kier molecular flexibility index (Phi) is 5.39. The van der Waals surface area contributed by atoms with Crippen molar-refractivity contribution < 1.29 is 9.53 Å². The molecule has 1 amide bonds. The molecule has 0 saturated carbocycles. The van der Waals surface area contributed by atoms with Gasteiger partial charge in [0.25, 0.3) is 5.56 Å². The maximum Gasteiger partial charge on any atom is 0.267 e. The third kappa shape index (κ3) is 3.42. The first-order chi connectivity index (χ1) is 13.5. The first-order valence-electron chi connectivity index (χ1n) is 8.81. The van der Waals surface area contributed by atoms with Crippen LogP contribution in [-0.4, -0.2) is 33.6 Å². The van der Waals surface area contributed by atoms with E-state index >= 15 is 0 Å². The molecule has 28 heavy (non-hydrogen) atoms. The molecule has 9 heteroatoms. The molecule has 146 valence electrons. The highest BCUT2D eigenvalue weighted by molar-refractivity contribution is 8.01. The predicted octanol–water partition coefficient (Wildman–Crippen LogP) is 3.46. The lowest BCUT2D eigenvalue weighted by molar-refractivity contribution is -0.117. The topological polar surface area (TPSA) is 87.2 Å². The standard InChI is InChI=1S/C19H19N3O3S3/c1-10(15(20)23)27-19-21-16-14(13-4-3-9-26-18(13)28-16)17(24)22(19)11-5-7-12(25-2)8-6-11/h5-8,10H,3-4,9H2,1-2H3,(H2,20,23)/t10-/m1/s1. The van der Waals surface area contributed by atoms with Crippen molar-refractivity contribution >= 4 is 51.0 Å². The summed E-state index contributed by atoms with van der Waals surface area (Å²) in [7, 11) is 1.60. The van der Waals surface area contributed by atoms with Gasteiger partial charge < -0.3 is 10.5 Å². The summed E-state index contributed by atoms with van der Waals surface area (Å²) in [6.07, 6.45) is 1.95. The zero-order chi connectivity index (χ0) is 19.8. The third-order valence-electron chi connectivity index (χ3n) is 4.57. The van der Waals surface area contributed by atoms with Gasteiger partial charge in [0.15, 0.2) is 5.16 Å². The van der Waals surface area contributed by atoms with Crippen molar-refractivity contribution in [3.63, 3.8) is 0 Å². The molecule has 2 aromatic heterocycles. The molecule has 6 nitrogen and oxygen atoms in total. The van der Waals surface area contributed by atoms with Gasteiger partial charge in [0.05, 0.1) is 27.6 Å². The molecule has 0 saturated heterocycles. The number of carbonyl (C=O) groups is 1. The number of aromatic nitrogens is 2. The van der Waals surface area contributed by atoms with E-state index < -0.39 is 11.2 Å². The number of carbonyl (C=O) groups excluding carboxylic acids is 1. The van der Waals surface area contributed by atoms with Crippen LogP contribution in [0.4, 0.5) is 0 Å². The van der Waals surface area contributed by atoms with E-state index in [2.05, 4.69) is 0 Å². The highest BCUT2D eigenvalue weighted by Crippen LogP contribution is 2.41. The molecule has 3 aromatic rings. The Hall–Kier alpha value is -1.97. The van der Waals surface area contributed by atoms with E-state index in [1.807, 2.05) is 12.1 Å². The zero-order valence-electron chi connectivity index (χ0n) is 15.4. The van der Waals surface area contributed by atoms with Crippen molar-refractivity contribution in [1.82, 2.24) is 9.55 Å². The number of hydrogen-bond acceptors (Lipinski definition) is 7. The van der Waals surface area contributed by atoms with Gasteiger partial charge in [-0.2, -0.15) is 0 Å². The van der Waals surface area contributed by atoms with Crippen LogP contribution in [0, 0.1) is 0 Å². The predicted molar refractivity (Wildman–Crippen MR) is 115 cm³/mol. The number of aryl methyl sites for hydroxylation is 1. The number of hydrogen-bond donors (Lipinski definition) is 1. The van der Waals surface area contributed by atoms with Gasteiger partial charge in [-0.3, -0.25) is 14.2 Å². The fourth-order valence-corrected chi connectivity index (χ4v) is 6.53. The molecule has 0 aliphatic carbocycles. The molecule has 1 atom stereocenters. The van der Waals surface area contributed by atoms with E-state index in [0.717, 1.165) is 29.0 Å². The molecule has 0 unspecified atom stereocenters. The molecule has 1 aliphatic heterocycles. The van der Waals surface area contributed by atoms with E-state index in [9.17, 15) is 9.59 Å². The number of thioether (sulfide) groups is 2. The number of methoxy groups -OCH3 is 1. The Bertz CT molecular complexity index is 1110. The lowest BCUT2D eigenvalue weighted by atomic mass is 10.1. The summed E-state index contributed by atoms with van der Waals surface area (Å²) < 4.78 is 7.98. The summed E-state index contributed by atoms with van der Waals surface area (Å²) in [5.74, 6) is 1.32. The average Bonchev–Trinajstić information content (AvgIpc) is 3.06. The number of nitrogens with zero attached hydrogens (tertiary/aromatic N) is 2. The van der Waals surface area contributed by atoms with Crippen LogP contribution < -0.4 is 16.0 Å². The van der Waals surface area contributed by atoms with Crippen LogP contribution in [0.5, 0.6) is 5.75 Å². The first-order valence-corrected chi connectivity index (χ1v) is 11.5. The minimum atomic E-state index is -0.502. The second-order valence-corrected chi connectivity index (χ2v) is 10.1. The number of benzene rings is 1. The monoisotopic (exact) mass is 433 g/mol. The van der Waals surface area contributed by atoms with E-state index in [4.69, 9.17) is 15.5 Å². The van der Waals surface area contributed by atoms with Crippen molar-refractivity contribution in [1.29, 1.82) is 0 Å². The number of primary amides is 1. The van der Waals surface area contributed by atoms with Crippen molar-refractivity contribution in [3.8, 4) is 11.4 Å². The van der Waals surface area contributed by atoms with Crippen LogP contribution in [0.2, 0.25) is 0 Å². The number of rotatable bonds is 5. The second kappa shape index (κ2) is 7.81. The lowest BCUT2D eigenvalue weighted by Gasteiger charge is -2.15. The largest absolute Gasteiger partial charge is 0.497 e. The highest BCUT2D eigenvalue weighted by Gasteiger charge is 2.24. The molecular formula is C19H19N3O3S3. The van der Waals surface area contributed by atoms with Gasteiger partial charge in [0.1, 0.15) is 10.6 Å². The van der Waals surface area contributed by atoms with Crippen molar-refractivity contribution in [2.24, 2.45) is 5.73 Å². The normalized spacial score (nSPS) is 14.6. The summed E-state index contributed by atoms with van der Waals surface area (Å²) in [5, 5.41) is 0.662. The van der Waals surface area contributed by atoms with Crippen LogP contribution in [0.1, 0.15) is 18.9 Å². The van der Waals surface area contributed by atoms with E-state index in [0.29, 0.717) is 22.0 Å². The SMILES string of the molecule is COc1ccc(-n2c(S[C@H](C)C(N)=O)nc3sc4c(c3c2=O)CCCS4)cc1. The fourth-order valence-electron chi connectivity index (χ4n) is 3.08. The Morgan fingerprint density at radius 2 is 2.11 bits per heavy atom. The molecule has 3 heterocycles. The summed E-state index contributed by atoms with van der Waals surface area (Å²) in [5.41, 5.74) is 7.14. The van der Waals surface area contributed by atoms with E-state index in [-0.39, 0.29) is 5.56 Å². The Morgan fingerprint density at radius 1 is 1.36 bits per heavy atom. The van der Waals surface area contributed by atoms with Crippen LogP contribution in [0.3, 0.4) is 0 Å². The quantitative estimate of drug-likeness (QED) is 0.490. The molecule has 2 N–H and O–H groups in total. The van der Waals surface area contributed by atoms with Gasteiger partial charge in [-0.25, -0.2) is 4.98 Å². The second-order valence-electron chi connectivity index (χ2n) is 6.40. The lowest BCUT2D eigenvalue weighted by Crippen LogP contribution is -2.26. The van der Waals surface area contributed by atoms with Crippen LogP contribution in [0.25, 0.3) is 15.9 Å². The molecule has 1 aromatic carbocycles. The van der Waals surface area contributed by atoms with Crippen LogP contribution >= 0.6 is 34.9 Å². The summed E-state index contributed by atoms with van der Waals surface area (Å²) in [6, 6.07) is 7.24. The maximum absolute atomic E-state index is 13.5. The number of nitrogens with two attached hydrogens (primary N) is 1. The third-order valence-corrected chi connectivity index (χ3v) is 8.17. The van der Waals surface area contributed by atoms with Crippen LogP contribution in [-0.2, 0) is 11.2 Å². The average molecular weight is 434 g/mol. The van der Waals surface area contributed by atoms with Gasteiger partial charge in [0, 0.05) is 0 Å². The summed E-state index contributed by atoms with van der Waals surface area (Å²) in [4.78, 5) is 30.7. The molecule has 0 fully saturated rings. The van der Waals surface area contributed by atoms with Gasteiger partial charge in [-0.15, -0.1) is 23.1 Å². The number of amides is 1. The van der Waals surface area contributed by atoms with Gasteiger partial charge in [0.2, 0.25) is 5.91 Å². The van der Waals surface area contributed by atoms with Gasteiger partial charge in [-0.1, -0.05) is 11.8 Å². The Labute approximate surface area is 174 Å². The van der Waals surface area contributed by atoms with Crippen molar-refractivity contribution in [3.05, 3.63) is 40.2 Å². The zero-order valence-corrected chi connectivity index (χ0v) is 17.9. The maximum atomic E-state index is 13.5. The summed E-state index contributed by atoms with van der Waals surface area (Å²) in [6.45, 7) is 1.72. The van der Waals surface area contributed by atoms with E-state index in [1.54, 1.807) is 53.8 Å². The van der Waals surface area contributed by atoms with Gasteiger partial charge in [-0.05, 0) is 55.3 Å². The number of ether oxygens (including phenoxy) is 1. The van der Waals surface area contributed by atoms with E-state index in [1.165, 1.54) is 16.0 Å². The molecule has 1 aliphatic rings. The van der Waals surface area contributed by atoms with Crippen LogP contribution in [0.15, 0.2) is 38.4 Å². The van der Waals surface area contributed by atoms with Crippen molar-refractivity contribution in [2.45, 2.75) is 34.4 Å². The molecule has 0 radical (unpaired) electrons. The van der Waals surface area contributed by atoms with Gasteiger partial charge >= 0.3 is 0 Å². The molecular weight excluding hydrogens is 414 g/mol. The fraction of sp³-hybridized carbons (Fsp3) is 0.316. The van der Waals surface area contributed by atoms with Crippen molar-refractivity contribution in [2.75, 3.05) is 12.9 Å². The molecule has 4 rings (SSSR count). The number of fused-ring (bicyclic) bond motifs is 3. The highest BCUT2D eigenvalue weighted by atomic mass is 32.2. The first kappa shape index (κ1) is 19.4. The molecule has 0 bridgehead atoms. The Balaban J connectivity index is 1.96.